The lowest BCUT2D eigenvalue weighted by molar-refractivity contribution is -0.121. The van der Waals surface area contributed by atoms with Crippen LogP contribution in [0.3, 0.4) is 0 Å². The smallest absolute Gasteiger partial charge is 0.136 e. The molecule has 0 heterocycles. The number of carbonyl (C=O) groups is 1. The van der Waals surface area contributed by atoms with E-state index in [9.17, 15) is 4.79 Å². The van der Waals surface area contributed by atoms with Crippen LogP contribution >= 0.6 is 0 Å². The summed E-state index contributed by atoms with van der Waals surface area (Å²) in [5, 5.41) is 0. The van der Waals surface area contributed by atoms with Gasteiger partial charge >= 0.3 is 0 Å². The fraction of sp³-hybridized carbons (Fsp3) is 0.800. The Labute approximate surface area is 70.2 Å². The minimum Gasteiger partial charge on any atom is -0.299 e. The monoisotopic (exact) mass is 155 g/mol. The fourth-order valence-electron chi connectivity index (χ4n) is 1.40. The van der Waals surface area contributed by atoms with Crippen LogP contribution < -0.4 is 0 Å². The highest BCUT2D eigenvalue weighted by Crippen LogP contribution is 2.22. The van der Waals surface area contributed by atoms with E-state index in [-0.39, 0.29) is 5.92 Å². The van der Waals surface area contributed by atoms with Crippen molar-refractivity contribution in [2.75, 3.05) is 0 Å². The van der Waals surface area contributed by atoms with Gasteiger partial charge in [-0.25, -0.2) is 0 Å². The van der Waals surface area contributed by atoms with Gasteiger partial charge in [-0.05, 0) is 18.8 Å². The quantitative estimate of drug-likeness (QED) is 0.596. The van der Waals surface area contributed by atoms with Gasteiger partial charge in [0.25, 0.3) is 0 Å². The molecular formula is C10H19O. The molecule has 0 aromatic carbocycles. The Bertz CT molecular complexity index is 114. The molecule has 1 heteroatoms. The first-order valence-electron chi connectivity index (χ1n) is 4.54. The standard InChI is InChI=1S/C10H19O/c1-5-9(6-2)8(4)10(11)7-3/h8H,5-7H2,1-4H3. The van der Waals surface area contributed by atoms with Crippen LogP contribution in [0.25, 0.3) is 0 Å². The third-order valence-corrected chi connectivity index (χ3v) is 2.35. The summed E-state index contributed by atoms with van der Waals surface area (Å²) in [7, 11) is 0. The molecule has 0 N–H and O–H groups in total. The van der Waals surface area contributed by atoms with Crippen molar-refractivity contribution in [1.82, 2.24) is 0 Å². The average molecular weight is 155 g/mol. The molecule has 1 unspecified atom stereocenters. The third kappa shape index (κ3) is 3.04. The minimum atomic E-state index is 0.190. The van der Waals surface area contributed by atoms with E-state index in [0.29, 0.717) is 12.2 Å². The van der Waals surface area contributed by atoms with E-state index in [4.69, 9.17) is 0 Å². The lowest BCUT2D eigenvalue weighted by atomic mass is 9.85. The highest BCUT2D eigenvalue weighted by molar-refractivity contribution is 5.82. The second-order valence-electron chi connectivity index (χ2n) is 2.91. The van der Waals surface area contributed by atoms with Gasteiger partial charge in [-0.15, -0.1) is 0 Å². The molecule has 0 aliphatic carbocycles. The summed E-state index contributed by atoms with van der Waals surface area (Å²) in [5.74, 6) is 1.95. The highest BCUT2D eigenvalue weighted by Gasteiger charge is 2.19. The zero-order valence-corrected chi connectivity index (χ0v) is 8.11. The Morgan fingerprint density at radius 1 is 1.09 bits per heavy atom. The largest absolute Gasteiger partial charge is 0.299 e. The van der Waals surface area contributed by atoms with Gasteiger partial charge in [0, 0.05) is 12.3 Å². The van der Waals surface area contributed by atoms with Crippen molar-refractivity contribution in [3.63, 3.8) is 0 Å². The number of hydrogen-bond acceptors (Lipinski definition) is 1. The number of ketones is 1. The molecule has 0 rings (SSSR count). The molecule has 1 atom stereocenters. The van der Waals surface area contributed by atoms with E-state index in [1.54, 1.807) is 0 Å². The van der Waals surface area contributed by atoms with Crippen molar-refractivity contribution in [1.29, 1.82) is 0 Å². The lowest BCUT2D eigenvalue weighted by Gasteiger charge is -2.18. The van der Waals surface area contributed by atoms with Gasteiger partial charge < -0.3 is 0 Å². The summed E-state index contributed by atoms with van der Waals surface area (Å²) in [4.78, 5) is 11.3. The van der Waals surface area contributed by atoms with Crippen LogP contribution in [0, 0.1) is 11.8 Å². The van der Waals surface area contributed by atoms with Crippen molar-refractivity contribution >= 4 is 5.78 Å². The van der Waals surface area contributed by atoms with E-state index in [1.165, 1.54) is 5.92 Å². The molecule has 0 bridgehead atoms. The number of rotatable bonds is 5. The van der Waals surface area contributed by atoms with E-state index in [1.807, 2.05) is 13.8 Å². The topological polar surface area (TPSA) is 17.1 Å². The first-order valence-corrected chi connectivity index (χ1v) is 4.54. The Kier molecular flexibility index (Phi) is 5.18. The summed E-state index contributed by atoms with van der Waals surface area (Å²) in [6, 6.07) is 0. The van der Waals surface area contributed by atoms with Gasteiger partial charge in [0.2, 0.25) is 0 Å². The summed E-state index contributed by atoms with van der Waals surface area (Å²) in [6.07, 6.45) is 2.76. The number of hydrogen-bond donors (Lipinski definition) is 0. The average Bonchev–Trinajstić information content (AvgIpc) is 2.05. The predicted molar refractivity (Wildman–Crippen MR) is 48.3 cm³/mol. The Morgan fingerprint density at radius 3 is 1.82 bits per heavy atom. The molecule has 0 saturated heterocycles. The maximum atomic E-state index is 11.3. The second kappa shape index (κ2) is 5.34. The van der Waals surface area contributed by atoms with Crippen LogP contribution in [-0.4, -0.2) is 5.78 Å². The van der Waals surface area contributed by atoms with E-state index in [0.717, 1.165) is 12.8 Å². The number of carbonyl (C=O) groups excluding carboxylic acids is 1. The lowest BCUT2D eigenvalue weighted by Crippen LogP contribution is -2.17. The van der Waals surface area contributed by atoms with Gasteiger partial charge in [-0.2, -0.15) is 0 Å². The molecule has 0 aliphatic rings. The van der Waals surface area contributed by atoms with Crippen LogP contribution in [0.1, 0.15) is 47.0 Å². The molecule has 0 saturated carbocycles. The van der Waals surface area contributed by atoms with Crippen LogP contribution in [0.5, 0.6) is 0 Å². The Hall–Kier alpha value is -0.330. The van der Waals surface area contributed by atoms with Crippen molar-refractivity contribution in [2.45, 2.75) is 47.0 Å². The molecule has 1 nitrogen and oxygen atoms in total. The zero-order valence-electron chi connectivity index (χ0n) is 8.11. The molecule has 0 aliphatic heterocycles. The van der Waals surface area contributed by atoms with Gasteiger partial charge in [-0.1, -0.05) is 27.7 Å². The normalized spacial score (nSPS) is 13.5. The van der Waals surface area contributed by atoms with Crippen LogP contribution in [0.2, 0.25) is 0 Å². The summed E-state index contributed by atoms with van der Waals surface area (Å²) in [6.45, 7) is 8.20. The van der Waals surface area contributed by atoms with Crippen molar-refractivity contribution in [2.24, 2.45) is 5.92 Å². The Morgan fingerprint density at radius 2 is 1.55 bits per heavy atom. The molecule has 0 fully saturated rings. The third-order valence-electron chi connectivity index (χ3n) is 2.35. The van der Waals surface area contributed by atoms with E-state index < -0.39 is 0 Å². The van der Waals surface area contributed by atoms with Crippen LogP contribution in [0.4, 0.5) is 0 Å². The molecular weight excluding hydrogens is 136 g/mol. The van der Waals surface area contributed by atoms with Crippen LogP contribution in [-0.2, 0) is 4.79 Å². The predicted octanol–water partition coefficient (Wildman–Crippen LogP) is 3.00. The fourth-order valence-corrected chi connectivity index (χ4v) is 1.40. The molecule has 0 amide bonds. The highest BCUT2D eigenvalue weighted by atomic mass is 16.1. The zero-order chi connectivity index (χ0) is 8.85. The molecule has 0 aromatic rings. The number of Topliss-reactive ketones (excluding diaryl/α,β-unsaturated/α-hetero) is 1. The van der Waals surface area contributed by atoms with Crippen LogP contribution in [0.15, 0.2) is 0 Å². The molecule has 1 radical (unpaired) electrons. The molecule has 0 aromatic heterocycles. The summed E-state index contributed by atoms with van der Waals surface area (Å²) >= 11 is 0. The first-order chi connectivity index (χ1) is 5.17. The maximum absolute atomic E-state index is 11.3. The minimum absolute atomic E-state index is 0.190. The first kappa shape index (κ1) is 10.7. The van der Waals surface area contributed by atoms with Crippen molar-refractivity contribution < 1.29 is 4.79 Å². The summed E-state index contributed by atoms with van der Waals surface area (Å²) < 4.78 is 0. The molecule has 0 spiro atoms. The SMILES string of the molecule is CC[C](CC)C(C)C(=O)CC. The van der Waals surface area contributed by atoms with Gasteiger partial charge in [0.05, 0.1) is 0 Å². The van der Waals surface area contributed by atoms with Crippen molar-refractivity contribution in [3.8, 4) is 0 Å². The van der Waals surface area contributed by atoms with E-state index in [2.05, 4.69) is 13.8 Å². The Balaban J connectivity index is 3.97. The van der Waals surface area contributed by atoms with Crippen molar-refractivity contribution in [3.05, 3.63) is 5.92 Å². The van der Waals surface area contributed by atoms with Gasteiger partial charge in [0.1, 0.15) is 5.78 Å². The van der Waals surface area contributed by atoms with E-state index >= 15 is 0 Å². The molecule has 11 heavy (non-hydrogen) atoms. The maximum Gasteiger partial charge on any atom is 0.136 e. The summed E-state index contributed by atoms with van der Waals surface area (Å²) in [5.41, 5.74) is 0. The van der Waals surface area contributed by atoms with Gasteiger partial charge in [-0.3, -0.25) is 4.79 Å². The van der Waals surface area contributed by atoms with Gasteiger partial charge in [0.15, 0.2) is 0 Å². The molecule has 65 valence electrons. The second-order valence-corrected chi connectivity index (χ2v) is 2.91.